The number of aryl methyl sites for hydroxylation is 1. The van der Waals surface area contributed by atoms with Crippen LogP contribution < -0.4 is 10.9 Å². The van der Waals surface area contributed by atoms with Crippen LogP contribution in [0.3, 0.4) is 0 Å². The quantitative estimate of drug-likeness (QED) is 0.914. The molecule has 21 heavy (non-hydrogen) atoms. The molecule has 0 radical (unpaired) electrons. The second-order valence-corrected chi connectivity index (χ2v) is 5.61. The van der Waals surface area contributed by atoms with Gasteiger partial charge in [0.05, 0.1) is 17.2 Å². The molecular weight excluding hydrogens is 266 g/mol. The Morgan fingerprint density at radius 1 is 1.29 bits per heavy atom. The molecule has 0 bridgehead atoms. The maximum atomic E-state index is 12.3. The first-order chi connectivity index (χ1) is 9.99. The van der Waals surface area contributed by atoms with E-state index in [0.717, 1.165) is 0 Å². The van der Waals surface area contributed by atoms with Crippen LogP contribution in [0.2, 0.25) is 0 Å². The minimum absolute atomic E-state index is 0.0451. The van der Waals surface area contributed by atoms with Crippen LogP contribution >= 0.6 is 0 Å². The highest BCUT2D eigenvalue weighted by Crippen LogP contribution is 2.05. The largest absolute Gasteiger partial charge is 0.353 e. The van der Waals surface area contributed by atoms with E-state index in [9.17, 15) is 9.59 Å². The van der Waals surface area contributed by atoms with Crippen molar-refractivity contribution in [3.05, 3.63) is 40.9 Å². The molecule has 1 aromatic heterocycles. The van der Waals surface area contributed by atoms with Crippen LogP contribution in [0.15, 0.2) is 35.4 Å². The average Bonchev–Trinajstić information content (AvgIpc) is 2.46. The van der Waals surface area contributed by atoms with Crippen molar-refractivity contribution in [3.63, 3.8) is 0 Å². The molecule has 1 atom stereocenters. The van der Waals surface area contributed by atoms with Gasteiger partial charge in [0.25, 0.3) is 5.56 Å². The zero-order valence-corrected chi connectivity index (χ0v) is 12.7. The maximum absolute atomic E-state index is 12.3. The number of carbonyl (C=O) groups excluding carboxylic acids is 1. The summed E-state index contributed by atoms with van der Waals surface area (Å²) in [6.07, 6.45) is 1.78. The number of benzene rings is 1. The molecular formula is C16H21N3O2. The summed E-state index contributed by atoms with van der Waals surface area (Å²) >= 11 is 0. The standard InChI is InChI=1S/C16H21N3O2/c1-11(2)12(3)18-15(20)8-9-19-10-17-14-7-5-4-6-13(14)16(19)21/h4-7,10-12H,8-9H2,1-3H3,(H,18,20). The summed E-state index contributed by atoms with van der Waals surface area (Å²) in [7, 11) is 0. The lowest BCUT2D eigenvalue weighted by atomic mass is 10.1. The molecule has 0 saturated heterocycles. The number of fused-ring (bicyclic) bond motifs is 1. The Hall–Kier alpha value is -2.17. The van der Waals surface area contributed by atoms with Gasteiger partial charge in [-0.1, -0.05) is 26.0 Å². The summed E-state index contributed by atoms with van der Waals surface area (Å²) in [5.74, 6) is 0.343. The molecule has 0 aliphatic rings. The van der Waals surface area contributed by atoms with E-state index in [2.05, 4.69) is 24.1 Å². The van der Waals surface area contributed by atoms with Crippen LogP contribution in [0.5, 0.6) is 0 Å². The molecule has 0 aliphatic carbocycles. The second kappa shape index (κ2) is 6.52. The topological polar surface area (TPSA) is 64.0 Å². The van der Waals surface area contributed by atoms with Gasteiger partial charge in [-0.05, 0) is 25.0 Å². The minimum atomic E-state index is -0.106. The Morgan fingerprint density at radius 3 is 2.71 bits per heavy atom. The molecule has 1 aromatic carbocycles. The molecule has 1 amide bonds. The van der Waals surface area contributed by atoms with Crippen molar-refractivity contribution in [2.75, 3.05) is 0 Å². The van der Waals surface area contributed by atoms with Gasteiger partial charge in [0, 0.05) is 19.0 Å². The van der Waals surface area contributed by atoms with E-state index < -0.39 is 0 Å². The van der Waals surface area contributed by atoms with E-state index in [1.807, 2.05) is 19.1 Å². The van der Waals surface area contributed by atoms with E-state index >= 15 is 0 Å². The number of rotatable bonds is 5. The number of carbonyl (C=O) groups is 1. The van der Waals surface area contributed by atoms with E-state index in [1.54, 1.807) is 12.1 Å². The number of para-hydroxylation sites is 1. The summed E-state index contributed by atoms with van der Waals surface area (Å²) in [6, 6.07) is 7.34. The Bertz CT molecular complexity index is 691. The SMILES string of the molecule is CC(C)C(C)NC(=O)CCn1cnc2ccccc2c1=O. The zero-order chi connectivity index (χ0) is 15.4. The third kappa shape index (κ3) is 3.68. The van der Waals surface area contributed by atoms with E-state index in [4.69, 9.17) is 0 Å². The van der Waals surface area contributed by atoms with Gasteiger partial charge in [-0.25, -0.2) is 4.98 Å². The molecule has 0 spiro atoms. The first kappa shape index (κ1) is 15.2. The Labute approximate surface area is 124 Å². The van der Waals surface area contributed by atoms with Crippen molar-refractivity contribution >= 4 is 16.8 Å². The normalized spacial score (nSPS) is 12.6. The van der Waals surface area contributed by atoms with Gasteiger partial charge in [0.1, 0.15) is 0 Å². The average molecular weight is 287 g/mol. The molecule has 112 valence electrons. The molecule has 0 fully saturated rings. The number of nitrogens with zero attached hydrogens (tertiary/aromatic N) is 2. The van der Waals surface area contributed by atoms with Crippen molar-refractivity contribution in [1.29, 1.82) is 0 Å². The van der Waals surface area contributed by atoms with Crippen LogP contribution in [0, 0.1) is 5.92 Å². The maximum Gasteiger partial charge on any atom is 0.261 e. The fraction of sp³-hybridized carbons (Fsp3) is 0.438. The number of aromatic nitrogens is 2. The second-order valence-electron chi connectivity index (χ2n) is 5.61. The minimum Gasteiger partial charge on any atom is -0.353 e. The molecule has 5 nitrogen and oxygen atoms in total. The number of hydrogen-bond acceptors (Lipinski definition) is 3. The lowest BCUT2D eigenvalue weighted by molar-refractivity contribution is -0.122. The third-order valence-corrected chi connectivity index (χ3v) is 3.70. The monoisotopic (exact) mass is 287 g/mol. The highest BCUT2D eigenvalue weighted by Gasteiger charge is 2.11. The Morgan fingerprint density at radius 2 is 2.00 bits per heavy atom. The number of amides is 1. The molecule has 0 saturated carbocycles. The van der Waals surface area contributed by atoms with Crippen LogP contribution in [-0.4, -0.2) is 21.5 Å². The third-order valence-electron chi connectivity index (χ3n) is 3.70. The molecule has 1 heterocycles. The Balaban J connectivity index is 2.06. The summed E-state index contributed by atoms with van der Waals surface area (Å²) in [5.41, 5.74) is 0.571. The van der Waals surface area contributed by atoms with Crippen molar-refractivity contribution < 1.29 is 4.79 Å². The first-order valence-electron chi connectivity index (χ1n) is 7.22. The summed E-state index contributed by atoms with van der Waals surface area (Å²) < 4.78 is 1.49. The molecule has 0 aliphatic heterocycles. The number of nitrogens with one attached hydrogen (secondary N) is 1. The molecule has 2 rings (SSSR count). The van der Waals surface area contributed by atoms with E-state index in [-0.39, 0.29) is 23.9 Å². The molecule has 2 aromatic rings. The molecule has 1 unspecified atom stereocenters. The van der Waals surface area contributed by atoms with Crippen molar-refractivity contribution in [3.8, 4) is 0 Å². The zero-order valence-electron chi connectivity index (χ0n) is 12.7. The highest BCUT2D eigenvalue weighted by molar-refractivity contribution is 5.77. The highest BCUT2D eigenvalue weighted by atomic mass is 16.2. The van der Waals surface area contributed by atoms with Crippen molar-refractivity contribution in [2.24, 2.45) is 5.92 Å². The summed E-state index contributed by atoms with van der Waals surface area (Å²) in [4.78, 5) is 28.4. The lowest BCUT2D eigenvalue weighted by Crippen LogP contribution is -2.37. The predicted molar refractivity (Wildman–Crippen MR) is 83.1 cm³/mol. The molecule has 1 N–H and O–H groups in total. The predicted octanol–water partition coefficient (Wildman–Crippen LogP) is 1.95. The fourth-order valence-electron chi connectivity index (χ4n) is 1.98. The van der Waals surface area contributed by atoms with Gasteiger partial charge in [-0.15, -0.1) is 0 Å². The van der Waals surface area contributed by atoms with Crippen molar-refractivity contribution in [1.82, 2.24) is 14.9 Å². The van der Waals surface area contributed by atoms with Gasteiger partial charge in [-0.3, -0.25) is 14.2 Å². The van der Waals surface area contributed by atoms with Crippen LogP contribution in [0.4, 0.5) is 0 Å². The van der Waals surface area contributed by atoms with Gasteiger partial charge >= 0.3 is 0 Å². The van der Waals surface area contributed by atoms with E-state index in [1.165, 1.54) is 10.9 Å². The lowest BCUT2D eigenvalue weighted by Gasteiger charge is -2.17. The molecule has 5 heteroatoms. The number of hydrogen-bond donors (Lipinski definition) is 1. The van der Waals surface area contributed by atoms with E-state index in [0.29, 0.717) is 23.4 Å². The Kier molecular flexibility index (Phi) is 4.73. The van der Waals surface area contributed by atoms with Gasteiger partial charge in [-0.2, -0.15) is 0 Å². The van der Waals surface area contributed by atoms with Crippen LogP contribution in [-0.2, 0) is 11.3 Å². The van der Waals surface area contributed by atoms with Crippen LogP contribution in [0.25, 0.3) is 10.9 Å². The van der Waals surface area contributed by atoms with Gasteiger partial charge < -0.3 is 5.32 Å². The van der Waals surface area contributed by atoms with Crippen LogP contribution in [0.1, 0.15) is 27.2 Å². The van der Waals surface area contributed by atoms with Gasteiger partial charge in [0.15, 0.2) is 0 Å². The summed E-state index contributed by atoms with van der Waals surface area (Å²) in [6.45, 7) is 6.44. The fourth-order valence-corrected chi connectivity index (χ4v) is 1.98. The first-order valence-corrected chi connectivity index (χ1v) is 7.22. The summed E-state index contributed by atoms with van der Waals surface area (Å²) in [5, 5.41) is 3.51. The smallest absolute Gasteiger partial charge is 0.261 e. The van der Waals surface area contributed by atoms with Crippen molar-refractivity contribution in [2.45, 2.75) is 39.8 Å². The van der Waals surface area contributed by atoms with Gasteiger partial charge in [0.2, 0.25) is 5.91 Å².